The van der Waals surface area contributed by atoms with E-state index in [0.717, 1.165) is 0 Å². The van der Waals surface area contributed by atoms with Crippen LogP contribution in [0.5, 0.6) is 0 Å². The lowest BCUT2D eigenvalue weighted by Crippen LogP contribution is -2.61. The number of carbonyl (C=O) groups excluding carboxylic acids is 2. The molecule has 0 saturated carbocycles. The van der Waals surface area contributed by atoms with Crippen LogP contribution in [0.4, 0.5) is 0 Å². The van der Waals surface area contributed by atoms with Crippen LogP contribution in [0.1, 0.15) is 34.1 Å². The zero-order chi connectivity index (χ0) is 13.9. The van der Waals surface area contributed by atoms with Gasteiger partial charge in [-0.2, -0.15) is 0 Å². The van der Waals surface area contributed by atoms with Crippen molar-refractivity contribution in [2.45, 2.75) is 52.0 Å². The molecule has 0 bridgehead atoms. The second-order valence-corrected chi connectivity index (χ2v) is 5.32. The number of rotatable bonds is 3. The highest BCUT2D eigenvalue weighted by Crippen LogP contribution is 2.13. The van der Waals surface area contributed by atoms with Gasteiger partial charge in [-0.1, -0.05) is 6.92 Å². The molecule has 2 unspecified atom stereocenters. The van der Waals surface area contributed by atoms with Crippen LogP contribution in [-0.4, -0.2) is 47.7 Å². The van der Waals surface area contributed by atoms with E-state index in [1.165, 1.54) is 4.90 Å². The molecule has 1 aliphatic rings. The van der Waals surface area contributed by atoms with E-state index in [9.17, 15) is 14.7 Å². The lowest BCUT2D eigenvalue weighted by Gasteiger charge is -2.34. The van der Waals surface area contributed by atoms with Crippen LogP contribution in [-0.2, 0) is 19.4 Å². The normalized spacial score (nSPS) is 22.8. The van der Waals surface area contributed by atoms with Gasteiger partial charge >= 0.3 is 5.97 Å². The number of carbonyl (C=O) groups is 2. The molecule has 18 heavy (non-hydrogen) atoms. The lowest BCUT2D eigenvalue weighted by molar-refractivity contribution is -0.168. The number of hydrogen-bond acceptors (Lipinski definition) is 4. The molecular formula is C12H21N2O4. The highest BCUT2D eigenvalue weighted by molar-refractivity contribution is 6.02. The van der Waals surface area contributed by atoms with Crippen LogP contribution in [0.3, 0.4) is 0 Å². The molecule has 1 heterocycles. The van der Waals surface area contributed by atoms with Gasteiger partial charge in [-0.25, -0.2) is 9.90 Å². The molecule has 1 fully saturated rings. The van der Waals surface area contributed by atoms with Crippen molar-refractivity contribution >= 4 is 11.9 Å². The average Bonchev–Trinajstić information content (AvgIpc) is 2.26. The Morgan fingerprint density at radius 1 is 1.56 bits per heavy atom. The van der Waals surface area contributed by atoms with Gasteiger partial charge in [0.15, 0.2) is 12.3 Å². The topological polar surface area (TPSA) is 78.5 Å². The molecule has 103 valence electrons. The van der Waals surface area contributed by atoms with Gasteiger partial charge < -0.3 is 9.64 Å². The van der Waals surface area contributed by atoms with Gasteiger partial charge in [-0.15, -0.1) is 0 Å². The van der Waals surface area contributed by atoms with Gasteiger partial charge in [0.25, 0.3) is 5.91 Å². The fourth-order valence-corrected chi connectivity index (χ4v) is 1.74. The summed E-state index contributed by atoms with van der Waals surface area (Å²) in [6, 6.07) is -1.05. The summed E-state index contributed by atoms with van der Waals surface area (Å²) in [5.74, 6) is -1.11. The molecule has 1 amide bonds. The van der Waals surface area contributed by atoms with Gasteiger partial charge in [0.1, 0.15) is 5.60 Å². The summed E-state index contributed by atoms with van der Waals surface area (Å²) in [7, 11) is 0. The third kappa shape index (κ3) is 3.68. The number of nitrogens with one attached hydrogen (secondary N) is 1. The van der Waals surface area contributed by atoms with Crippen LogP contribution in [0.15, 0.2) is 0 Å². The molecule has 0 aromatic carbocycles. The molecule has 6 nitrogen and oxygen atoms in total. The number of esters is 1. The maximum Gasteiger partial charge on any atom is 0.333 e. The maximum absolute atomic E-state index is 12.0. The van der Waals surface area contributed by atoms with Crippen molar-refractivity contribution in [1.82, 2.24) is 10.2 Å². The van der Waals surface area contributed by atoms with Gasteiger partial charge in [0.2, 0.25) is 0 Å². The molecule has 6 heteroatoms. The molecule has 0 aromatic heterocycles. The Morgan fingerprint density at radius 3 is 2.67 bits per heavy atom. The summed E-state index contributed by atoms with van der Waals surface area (Å²) in [5.41, 5.74) is -0.650. The largest absolute Gasteiger partial charge is 0.458 e. The summed E-state index contributed by atoms with van der Waals surface area (Å²) < 4.78 is 5.16. The molecule has 1 saturated heterocycles. The van der Waals surface area contributed by atoms with Crippen LogP contribution < -0.4 is 5.32 Å². The number of amides is 1. The third-order valence-corrected chi connectivity index (χ3v) is 2.57. The molecule has 0 aliphatic carbocycles. The van der Waals surface area contributed by atoms with Crippen LogP contribution in [0.2, 0.25) is 0 Å². The average molecular weight is 257 g/mol. The monoisotopic (exact) mass is 257 g/mol. The van der Waals surface area contributed by atoms with E-state index in [1.807, 2.05) is 0 Å². The van der Waals surface area contributed by atoms with E-state index in [2.05, 4.69) is 5.32 Å². The molecule has 1 N–H and O–H groups in total. The van der Waals surface area contributed by atoms with Crippen molar-refractivity contribution in [2.24, 2.45) is 0 Å². The summed E-state index contributed by atoms with van der Waals surface area (Å²) in [6.45, 7) is 7.68. The number of nitrogens with zero attached hydrogens (tertiary/aromatic N) is 1. The standard InChI is InChI=1S/C12H21N2O4/c1-5-8(15)14-7-6-13-9(10(14)16)11(17)18-12(2,3)4/h8-9,13H,5-7H2,1-4H3. The second kappa shape index (κ2) is 5.67. The highest BCUT2D eigenvalue weighted by Gasteiger charge is 2.38. The quantitative estimate of drug-likeness (QED) is 0.582. The Morgan fingerprint density at radius 2 is 2.17 bits per heavy atom. The van der Waals surface area contributed by atoms with E-state index < -0.39 is 29.7 Å². The van der Waals surface area contributed by atoms with Gasteiger partial charge in [-0.3, -0.25) is 10.1 Å². The SMILES string of the molecule is CCC([O])N1CCNC(C(=O)OC(C)(C)C)C1=O. The van der Waals surface area contributed by atoms with Crippen LogP contribution in [0.25, 0.3) is 0 Å². The minimum atomic E-state index is -1.09. The van der Waals surface area contributed by atoms with E-state index in [0.29, 0.717) is 19.5 Å². The first-order chi connectivity index (χ1) is 8.26. The zero-order valence-corrected chi connectivity index (χ0v) is 11.4. The number of ether oxygens (including phenoxy) is 1. The second-order valence-electron chi connectivity index (χ2n) is 5.32. The molecule has 1 radical (unpaired) electrons. The summed E-state index contributed by atoms with van der Waals surface area (Å²) in [6.07, 6.45) is -0.767. The molecule has 1 rings (SSSR count). The van der Waals surface area contributed by atoms with E-state index in [-0.39, 0.29) is 0 Å². The van der Waals surface area contributed by atoms with Crippen molar-refractivity contribution in [3.63, 3.8) is 0 Å². The van der Waals surface area contributed by atoms with E-state index in [4.69, 9.17) is 4.74 Å². The zero-order valence-electron chi connectivity index (χ0n) is 11.4. The van der Waals surface area contributed by atoms with Crippen molar-refractivity contribution in [2.75, 3.05) is 13.1 Å². The van der Waals surface area contributed by atoms with Gasteiger partial charge in [-0.05, 0) is 27.2 Å². The minimum absolute atomic E-state index is 0.326. The molecule has 1 aliphatic heterocycles. The predicted molar refractivity (Wildman–Crippen MR) is 64.1 cm³/mol. The number of hydrogen-bond donors (Lipinski definition) is 1. The number of piperazine rings is 1. The first kappa shape index (κ1) is 14.9. The molecule has 0 spiro atoms. The Balaban J connectivity index is 2.72. The first-order valence-electron chi connectivity index (χ1n) is 6.19. The first-order valence-corrected chi connectivity index (χ1v) is 6.19. The van der Waals surface area contributed by atoms with Gasteiger partial charge in [0.05, 0.1) is 0 Å². The van der Waals surface area contributed by atoms with Crippen LogP contribution in [0, 0.1) is 0 Å². The maximum atomic E-state index is 12.0. The fraction of sp³-hybridized carbons (Fsp3) is 0.833. The highest BCUT2D eigenvalue weighted by atomic mass is 16.6. The van der Waals surface area contributed by atoms with Crippen molar-refractivity contribution in [1.29, 1.82) is 0 Å². The Hall–Kier alpha value is -1.14. The summed E-state index contributed by atoms with van der Waals surface area (Å²) in [4.78, 5) is 25.1. The lowest BCUT2D eigenvalue weighted by atomic mass is 10.1. The Labute approximate surface area is 107 Å². The van der Waals surface area contributed by atoms with Crippen molar-refractivity contribution in [3.8, 4) is 0 Å². The predicted octanol–water partition coefficient (Wildman–Crippen LogP) is 0.295. The Bertz CT molecular complexity index is 325. The van der Waals surface area contributed by atoms with Crippen molar-refractivity contribution < 1.29 is 19.4 Å². The van der Waals surface area contributed by atoms with Crippen LogP contribution >= 0.6 is 0 Å². The van der Waals surface area contributed by atoms with Crippen molar-refractivity contribution in [3.05, 3.63) is 0 Å². The van der Waals surface area contributed by atoms with E-state index in [1.54, 1.807) is 27.7 Å². The van der Waals surface area contributed by atoms with E-state index >= 15 is 0 Å². The molecular weight excluding hydrogens is 236 g/mol. The molecule has 0 aromatic rings. The third-order valence-electron chi connectivity index (χ3n) is 2.57. The summed E-state index contributed by atoms with van der Waals surface area (Å²) in [5, 5.41) is 14.4. The van der Waals surface area contributed by atoms with Gasteiger partial charge in [0, 0.05) is 13.1 Å². The fourth-order valence-electron chi connectivity index (χ4n) is 1.74. The molecule has 2 atom stereocenters. The minimum Gasteiger partial charge on any atom is -0.458 e. The smallest absolute Gasteiger partial charge is 0.333 e. The Kier molecular flexibility index (Phi) is 4.70. The summed E-state index contributed by atoms with van der Waals surface area (Å²) >= 11 is 0.